The minimum atomic E-state index is -4.52. The van der Waals surface area contributed by atoms with E-state index in [4.69, 9.17) is 4.74 Å². The monoisotopic (exact) mass is 460 g/mol. The molecule has 33 heavy (non-hydrogen) atoms. The Kier molecular flexibility index (Phi) is 6.81. The van der Waals surface area contributed by atoms with Gasteiger partial charge in [-0.1, -0.05) is 40.1 Å². The predicted octanol–water partition coefficient (Wildman–Crippen LogP) is 5.43. The summed E-state index contributed by atoms with van der Waals surface area (Å²) in [7, 11) is 0. The number of carbonyl (C=O) groups is 1. The van der Waals surface area contributed by atoms with Crippen molar-refractivity contribution in [2.45, 2.75) is 52.8 Å². The number of hydrogen-bond donors (Lipinski definition) is 1. The van der Waals surface area contributed by atoms with Crippen LogP contribution in [0, 0.1) is 13.8 Å². The smallest absolute Gasteiger partial charge is 0.416 e. The molecule has 0 bridgehead atoms. The summed E-state index contributed by atoms with van der Waals surface area (Å²) in [6.07, 6.45) is -3.89. The van der Waals surface area contributed by atoms with Gasteiger partial charge in [-0.15, -0.1) is 0 Å². The molecule has 0 spiro atoms. The fourth-order valence-electron chi connectivity index (χ4n) is 3.37. The van der Waals surface area contributed by atoms with Gasteiger partial charge in [0.15, 0.2) is 5.69 Å². The largest absolute Gasteiger partial charge is 0.436 e. The highest BCUT2D eigenvalue weighted by Gasteiger charge is 2.32. The number of rotatable bonds is 6. The second kappa shape index (κ2) is 9.25. The summed E-state index contributed by atoms with van der Waals surface area (Å²) in [6, 6.07) is 10.5. The summed E-state index contributed by atoms with van der Waals surface area (Å²) in [5, 5.41) is 10.8. The molecule has 0 aliphatic rings. The van der Waals surface area contributed by atoms with Gasteiger partial charge in [0, 0.05) is 6.54 Å². The summed E-state index contributed by atoms with van der Waals surface area (Å²) in [6.45, 7) is 9.91. The van der Waals surface area contributed by atoms with Crippen molar-refractivity contribution in [2.75, 3.05) is 6.54 Å². The van der Waals surface area contributed by atoms with Gasteiger partial charge in [-0.25, -0.2) is 4.68 Å². The maximum absolute atomic E-state index is 13.1. The first kappa shape index (κ1) is 24.3. The minimum Gasteiger partial charge on any atom is -0.436 e. The Morgan fingerprint density at radius 3 is 2.45 bits per heavy atom. The molecular formula is C24H27F3N4O2. The van der Waals surface area contributed by atoms with Gasteiger partial charge >= 0.3 is 6.18 Å². The highest BCUT2D eigenvalue weighted by Crippen LogP contribution is 2.33. The minimum absolute atomic E-state index is 0.0422. The van der Waals surface area contributed by atoms with Crippen LogP contribution in [-0.4, -0.2) is 27.4 Å². The Balaban J connectivity index is 1.82. The molecule has 1 heterocycles. The van der Waals surface area contributed by atoms with Gasteiger partial charge in [0.2, 0.25) is 0 Å². The Morgan fingerprint density at radius 2 is 1.82 bits per heavy atom. The Morgan fingerprint density at radius 1 is 1.09 bits per heavy atom. The molecule has 2 aromatic carbocycles. The summed E-state index contributed by atoms with van der Waals surface area (Å²) in [5.41, 5.74) is 1.99. The summed E-state index contributed by atoms with van der Waals surface area (Å²) in [5.74, 6) is -0.718. The first-order chi connectivity index (χ1) is 15.4. The van der Waals surface area contributed by atoms with Crippen LogP contribution in [0.15, 0.2) is 42.5 Å². The first-order valence-corrected chi connectivity index (χ1v) is 10.5. The first-order valence-electron chi connectivity index (χ1n) is 10.5. The van der Waals surface area contributed by atoms with E-state index in [1.165, 1.54) is 16.8 Å². The van der Waals surface area contributed by atoms with E-state index in [2.05, 4.69) is 21.7 Å². The molecule has 0 saturated carbocycles. The standard InChI is InChI=1S/C24H27F3N4O2/c1-15-9-10-17(16(2)13-15)11-12-28-21(32)20-22(29-30-31(20)23(3,4)5)33-19-8-6-7-18(14-19)24(25,26)27/h6-10,13-14H,11-12H2,1-5H3,(H,28,32). The molecule has 6 nitrogen and oxygen atoms in total. The third-order valence-electron chi connectivity index (χ3n) is 5.04. The fraction of sp³-hybridized carbons (Fsp3) is 0.375. The highest BCUT2D eigenvalue weighted by molar-refractivity contribution is 5.94. The Hall–Kier alpha value is -3.36. The van der Waals surface area contributed by atoms with Crippen molar-refractivity contribution in [1.82, 2.24) is 20.3 Å². The molecule has 0 radical (unpaired) electrons. The molecule has 0 fully saturated rings. The number of benzene rings is 2. The number of amides is 1. The van der Waals surface area contributed by atoms with Gasteiger partial charge in [-0.3, -0.25) is 4.79 Å². The quantitative estimate of drug-likeness (QED) is 0.532. The Bertz CT molecular complexity index is 1150. The maximum Gasteiger partial charge on any atom is 0.416 e. The van der Waals surface area contributed by atoms with Crippen molar-refractivity contribution >= 4 is 5.91 Å². The SMILES string of the molecule is Cc1ccc(CCNC(=O)c2c(Oc3cccc(C(F)(F)F)c3)nnn2C(C)(C)C)c(C)c1. The molecule has 0 aliphatic heterocycles. The maximum atomic E-state index is 13.1. The number of nitrogens with one attached hydrogen (secondary N) is 1. The van der Waals surface area contributed by atoms with E-state index in [0.29, 0.717) is 13.0 Å². The third-order valence-corrected chi connectivity index (χ3v) is 5.04. The number of nitrogens with zero attached hydrogens (tertiary/aromatic N) is 3. The van der Waals surface area contributed by atoms with E-state index in [1.54, 1.807) is 0 Å². The van der Waals surface area contributed by atoms with Crippen molar-refractivity contribution in [1.29, 1.82) is 0 Å². The highest BCUT2D eigenvalue weighted by atomic mass is 19.4. The van der Waals surface area contributed by atoms with Gasteiger partial charge in [0.1, 0.15) is 5.75 Å². The molecule has 0 atom stereocenters. The van der Waals surface area contributed by atoms with Crippen LogP contribution in [0.25, 0.3) is 0 Å². The zero-order chi connectivity index (χ0) is 24.4. The van der Waals surface area contributed by atoms with Crippen LogP contribution in [0.1, 0.15) is 53.5 Å². The molecule has 1 aromatic heterocycles. The van der Waals surface area contributed by atoms with Gasteiger partial charge in [-0.2, -0.15) is 13.2 Å². The lowest BCUT2D eigenvalue weighted by molar-refractivity contribution is -0.137. The molecule has 3 rings (SSSR count). The topological polar surface area (TPSA) is 69.0 Å². The lowest BCUT2D eigenvalue weighted by Crippen LogP contribution is -2.33. The molecule has 1 N–H and O–H groups in total. The van der Waals surface area contributed by atoms with Crippen molar-refractivity contribution in [3.05, 3.63) is 70.4 Å². The molecule has 0 unspecified atom stereocenters. The van der Waals surface area contributed by atoms with Crippen LogP contribution in [0.5, 0.6) is 11.6 Å². The number of carbonyl (C=O) groups excluding carboxylic acids is 1. The predicted molar refractivity (Wildman–Crippen MR) is 118 cm³/mol. The van der Waals surface area contributed by atoms with E-state index < -0.39 is 23.2 Å². The number of hydrogen-bond acceptors (Lipinski definition) is 4. The summed E-state index contributed by atoms with van der Waals surface area (Å²) < 4.78 is 46.1. The molecule has 0 aliphatic carbocycles. The van der Waals surface area contributed by atoms with Gasteiger partial charge in [-0.05, 0) is 70.4 Å². The van der Waals surface area contributed by atoms with Gasteiger partial charge in [0.05, 0.1) is 11.1 Å². The molecular weight excluding hydrogens is 433 g/mol. The number of aryl methyl sites for hydroxylation is 2. The zero-order valence-corrected chi connectivity index (χ0v) is 19.2. The molecule has 1 amide bonds. The lowest BCUT2D eigenvalue weighted by Gasteiger charge is -2.21. The molecule has 0 saturated heterocycles. The fourth-order valence-corrected chi connectivity index (χ4v) is 3.37. The van der Waals surface area contributed by atoms with Gasteiger partial charge in [0.25, 0.3) is 11.8 Å². The van der Waals surface area contributed by atoms with Crippen LogP contribution in [-0.2, 0) is 18.1 Å². The molecule has 3 aromatic rings. The number of ether oxygens (including phenoxy) is 1. The van der Waals surface area contributed by atoms with E-state index in [9.17, 15) is 18.0 Å². The van der Waals surface area contributed by atoms with Crippen molar-refractivity contribution in [3.63, 3.8) is 0 Å². The van der Waals surface area contributed by atoms with E-state index in [1.807, 2.05) is 46.8 Å². The second-order valence-corrected chi connectivity index (χ2v) is 8.89. The van der Waals surface area contributed by atoms with E-state index in [0.717, 1.165) is 28.8 Å². The zero-order valence-electron chi connectivity index (χ0n) is 19.2. The van der Waals surface area contributed by atoms with Gasteiger partial charge < -0.3 is 10.1 Å². The Labute approximate surface area is 190 Å². The number of aromatic nitrogens is 3. The van der Waals surface area contributed by atoms with Crippen LogP contribution >= 0.6 is 0 Å². The molecule has 176 valence electrons. The van der Waals surface area contributed by atoms with Crippen LogP contribution < -0.4 is 10.1 Å². The van der Waals surface area contributed by atoms with Crippen LogP contribution in [0.4, 0.5) is 13.2 Å². The van der Waals surface area contributed by atoms with E-state index >= 15 is 0 Å². The average Bonchev–Trinajstić information content (AvgIpc) is 3.13. The third kappa shape index (κ3) is 5.91. The molecule has 9 heteroatoms. The van der Waals surface area contributed by atoms with Crippen LogP contribution in [0.3, 0.4) is 0 Å². The second-order valence-electron chi connectivity index (χ2n) is 8.89. The number of alkyl halides is 3. The summed E-state index contributed by atoms with van der Waals surface area (Å²) >= 11 is 0. The van der Waals surface area contributed by atoms with E-state index in [-0.39, 0.29) is 17.3 Å². The normalized spacial score (nSPS) is 12.0. The summed E-state index contributed by atoms with van der Waals surface area (Å²) in [4.78, 5) is 13.1. The van der Waals surface area contributed by atoms with Crippen LogP contribution in [0.2, 0.25) is 0 Å². The van der Waals surface area contributed by atoms with Crippen molar-refractivity contribution in [2.24, 2.45) is 0 Å². The van der Waals surface area contributed by atoms with Crippen molar-refractivity contribution < 1.29 is 22.7 Å². The lowest BCUT2D eigenvalue weighted by atomic mass is 10.0. The number of halogens is 3. The average molecular weight is 461 g/mol. The van der Waals surface area contributed by atoms with Crippen molar-refractivity contribution in [3.8, 4) is 11.6 Å².